The lowest BCUT2D eigenvalue weighted by Gasteiger charge is -2.58. The van der Waals surface area contributed by atoms with Crippen molar-refractivity contribution in [1.29, 1.82) is 0 Å². The Morgan fingerprint density at radius 3 is 2.63 bits per heavy atom. The monoisotopic (exact) mass is 420 g/mol. The summed E-state index contributed by atoms with van der Waals surface area (Å²) in [5, 5.41) is 29.6. The van der Waals surface area contributed by atoms with Gasteiger partial charge in [-0.25, -0.2) is 0 Å². The zero-order chi connectivity index (χ0) is 22.1. The smallest absolute Gasteiger partial charge is 0.186 e. The molecule has 30 heavy (non-hydrogen) atoms. The molecule has 0 amide bonds. The van der Waals surface area contributed by atoms with Crippen LogP contribution in [0.1, 0.15) is 59.3 Å². The fourth-order valence-electron chi connectivity index (χ4n) is 6.35. The number of fused-ring (bicyclic) bond motifs is 1. The van der Waals surface area contributed by atoms with E-state index < -0.39 is 24.6 Å². The molecule has 0 aromatic rings. The molecule has 8 atom stereocenters. The van der Waals surface area contributed by atoms with Crippen LogP contribution in [0, 0.1) is 22.7 Å². The maximum absolute atomic E-state index is 10.2. The molecule has 1 saturated heterocycles. The summed E-state index contributed by atoms with van der Waals surface area (Å²) in [5.74, 6) is 0.934. The van der Waals surface area contributed by atoms with E-state index in [-0.39, 0.29) is 17.4 Å². The Morgan fingerprint density at radius 2 is 2.00 bits per heavy atom. The van der Waals surface area contributed by atoms with E-state index in [4.69, 9.17) is 9.47 Å². The molecule has 1 heterocycles. The minimum atomic E-state index is -1.13. The van der Waals surface area contributed by atoms with Crippen molar-refractivity contribution >= 4 is 0 Å². The number of hydrogen-bond donors (Lipinski definition) is 3. The van der Waals surface area contributed by atoms with E-state index in [9.17, 15) is 15.3 Å². The summed E-state index contributed by atoms with van der Waals surface area (Å²) in [7, 11) is 0. The number of aliphatic hydroxyl groups is 3. The highest BCUT2D eigenvalue weighted by atomic mass is 16.7. The Hall–Kier alpha value is -0.980. The Bertz CT molecular complexity index is 672. The number of allylic oxidation sites excluding steroid dienone is 4. The second-order valence-corrected chi connectivity index (χ2v) is 10.2. The van der Waals surface area contributed by atoms with E-state index in [1.807, 2.05) is 6.08 Å². The molecule has 5 nitrogen and oxygen atoms in total. The van der Waals surface area contributed by atoms with Crippen molar-refractivity contribution in [2.45, 2.75) is 83.9 Å². The van der Waals surface area contributed by atoms with E-state index in [2.05, 4.69) is 40.0 Å². The Morgan fingerprint density at radius 1 is 1.27 bits per heavy atom. The Balaban J connectivity index is 1.75. The second kappa shape index (κ2) is 9.25. The molecule has 5 heteroatoms. The van der Waals surface area contributed by atoms with E-state index in [0.29, 0.717) is 18.4 Å². The van der Waals surface area contributed by atoms with Crippen molar-refractivity contribution in [3.63, 3.8) is 0 Å². The van der Waals surface area contributed by atoms with E-state index in [1.165, 1.54) is 17.6 Å². The molecule has 3 N–H and O–H groups in total. The van der Waals surface area contributed by atoms with Gasteiger partial charge in [0.25, 0.3) is 0 Å². The fourth-order valence-corrected chi connectivity index (χ4v) is 6.35. The predicted octanol–water partition coefficient (Wildman–Crippen LogP) is 3.74. The highest BCUT2D eigenvalue weighted by molar-refractivity contribution is 5.20. The first kappa shape index (κ1) is 23.7. The van der Waals surface area contributed by atoms with Crippen LogP contribution in [0.15, 0.2) is 36.5 Å². The van der Waals surface area contributed by atoms with Crippen LogP contribution in [0.4, 0.5) is 0 Å². The lowest BCUT2D eigenvalue weighted by Crippen LogP contribution is -2.52. The minimum absolute atomic E-state index is 0.0333. The molecule has 0 aromatic carbocycles. The van der Waals surface area contributed by atoms with Crippen LogP contribution in [-0.2, 0) is 9.47 Å². The van der Waals surface area contributed by atoms with Crippen LogP contribution in [0.2, 0.25) is 0 Å². The van der Waals surface area contributed by atoms with Gasteiger partial charge in [0.05, 0.1) is 13.2 Å². The second-order valence-electron chi connectivity index (χ2n) is 10.2. The van der Waals surface area contributed by atoms with E-state index in [0.717, 1.165) is 32.1 Å². The van der Waals surface area contributed by atoms with Crippen molar-refractivity contribution in [3.05, 3.63) is 36.5 Å². The summed E-state index contributed by atoms with van der Waals surface area (Å²) < 4.78 is 11.6. The highest BCUT2D eigenvalue weighted by Gasteiger charge is 2.55. The van der Waals surface area contributed by atoms with Crippen LogP contribution in [-0.4, -0.2) is 53.1 Å². The van der Waals surface area contributed by atoms with Gasteiger partial charge in [0.2, 0.25) is 0 Å². The van der Waals surface area contributed by atoms with Gasteiger partial charge in [0.1, 0.15) is 18.3 Å². The van der Waals surface area contributed by atoms with Gasteiger partial charge in [-0.2, -0.15) is 0 Å². The van der Waals surface area contributed by atoms with Crippen molar-refractivity contribution in [2.24, 2.45) is 22.7 Å². The van der Waals surface area contributed by atoms with Crippen LogP contribution in [0.5, 0.6) is 0 Å². The molecule has 0 radical (unpaired) electrons. The topological polar surface area (TPSA) is 79.2 Å². The summed E-state index contributed by atoms with van der Waals surface area (Å²) >= 11 is 0. The first-order chi connectivity index (χ1) is 14.2. The Labute approximate surface area is 181 Å². The summed E-state index contributed by atoms with van der Waals surface area (Å²) in [6.07, 6.45) is 6.79. The zero-order valence-electron chi connectivity index (χ0n) is 18.8. The number of aliphatic hydroxyl groups excluding tert-OH is 3. The van der Waals surface area contributed by atoms with Gasteiger partial charge in [0, 0.05) is 0 Å². The number of rotatable bonds is 7. The molecule has 0 spiro atoms. The normalized spacial score (nSPS) is 44.7. The van der Waals surface area contributed by atoms with Gasteiger partial charge in [-0.3, -0.25) is 0 Å². The average molecular weight is 421 g/mol. The summed E-state index contributed by atoms with van der Waals surface area (Å²) in [5.41, 5.74) is 2.69. The standard InChI is InChI=1S/C25H40O5/c1-6-16(2)8-10-18-17(3)9-11-20-24(4,12-7-13-25(18,20)5)15-29-23-22(28)21(27)19(14-26)30-23/h6,8,18-23,26-28H,1,3,7,9-15H2,2,4-5H3/b16-8-/t18-,19+,20-,21+,22-,23-,24-,25+/m1/s1. The molecular weight excluding hydrogens is 380 g/mol. The molecule has 0 aromatic heterocycles. The highest BCUT2D eigenvalue weighted by Crippen LogP contribution is 2.62. The van der Waals surface area contributed by atoms with Crippen LogP contribution < -0.4 is 0 Å². The van der Waals surface area contributed by atoms with E-state index in [1.54, 1.807) is 0 Å². The molecule has 0 bridgehead atoms. The van der Waals surface area contributed by atoms with Gasteiger partial charge in [-0.05, 0) is 61.7 Å². The van der Waals surface area contributed by atoms with Crippen molar-refractivity contribution in [1.82, 2.24) is 0 Å². The maximum Gasteiger partial charge on any atom is 0.186 e. The molecule has 1 aliphatic heterocycles. The minimum Gasteiger partial charge on any atom is -0.394 e. The summed E-state index contributed by atoms with van der Waals surface area (Å²) in [4.78, 5) is 0. The number of ether oxygens (including phenoxy) is 2. The molecule has 170 valence electrons. The third-order valence-electron chi connectivity index (χ3n) is 8.22. The quantitative estimate of drug-likeness (QED) is 0.432. The van der Waals surface area contributed by atoms with E-state index >= 15 is 0 Å². The molecule has 3 rings (SSSR count). The van der Waals surface area contributed by atoms with Crippen LogP contribution in [0.3, 0.4) is 0 Å². The predicted molar refractivity (Wildman–Crippen MR) is 118 cm³/mol. The third kappa shape index (κ3) is 4.33. The van der Waals surface area contributed by atoms with Crippen molar-refractivity contribution < 1.29 is 24.8 Å². The average Bonchev–Trinajstić information content (AvgIpc) is 2.99. The van der Waals surface area contributed by atoms with Crippen LogP contribution >= 0.6 is 0 Å². The van der Waals surface area contributed by atoms with Crippen LogP contribution in [0.25, 0.3) is 0 Å². The fraction of sp³-hybridized carbons (Fsp3) is 0.760. The molecule has 0 unspecified atom stereocenters. The third-order valence-corrected chi connectivity index (χ3v) is 8.22. The first-order valence-corrected chi connectivity index (χ1v) is 11.4. The lowest BCUT2D eigenvalue weighted by molar-refractivity contribution is -0.201. The molecule has 2 aliphatic carbocycles. The zero-order valence-corrected chi connectivity index (χ0v) is 18.8. The van der Waals surface area contributed by atoms with Gasteiger partial charge in [-0.1, -0.05) is 56.7 Å². The maximum atomic E-state index is 10.2. The Kier molecular flexibility index (Phi) is 7.30. The molecule has 3 aliphatic rings. The molecular formula is C25H40O5. The van der Waals surface area contributed by atoms with Crippen molar-refractivity contribution in [2.75, 3.05) is 13.2 Å². The molecule has 2 saturated carbocycles. The van der Waals surface area contributed by atoms with Gasteiger partial charge in [0.15, 0.2) is 6.29 Å². The van der Waals surface area contributed by atoms with Crippen molar-refractivity contribution in [3.8, 4) is 0 Å². The van der Waals surface area contributed by atoms with Gasteiger partial charge >= 0.3 is 0 Å². The lowest BCUT2D eigenvalue weighted by atomic mass is 9.47. The largest absolute Gasteiger partial charge is 0.394 e. The SMILES string of the molecule is C=C/C(C)=C\C[C@@H]1C(=C)CC[C@@H]2[C@@](C)(CO[C@@H]3O[C@@H](CO)[C@H](O)[C@H]3O)CCC[C@@]12C. The van der Waals surface area contributed by atoms with Gasteiger partial charge in [-0.15, -0.1) is 0 Å². The summed E-state index contributed by atoms with van der Waals surface area (Å²) in [6, 6.07) is 0. The number of hydrogen-bond acceptors (Lipinski definition) is 5. The first-order valence-electron chi connectivity index (χ1n) is 11.4. The van der Waals surface area contributed by atoms with Gasteiger partial charge < -0.3 is 24.8 Å². The molecule has 3 fully saturated rings. The summed E-state index contributed by atoms with van der Waals surface area (Å²) in [6.45, 7) is 15.3.